The van der Waals surface area contributed by atoms with E-state index in [9.17, 15) is 0 Å². The lowest BCUT2D eigenvalue weighted by Crippen LogP contribution is -2.04. The highest BCUT2D eigenvalue weighted by atomic mass is 15.0. The average molecular weight is 167 g/mol. The number of nitrogens with zero attached hydrogens (tertiary/aromatic N) is 2. The molecule has 2 N–H and O–H groups in total. The summed E-state index contributed by atoms with van der Waals surface area (Å²) in [5.74, 6) is 0. The molecule has 3 nitrogen and oxygen atoms in total. The standard InChI is InChI=1S/C9H17N3/c1-3-4-5-9-8(6-10)11-7-12(9)2/h7H,3-6,10H2,1-2H3. The van der Waals surface area contributed by atoms with Crippen molar-refractivity contribution in [3.05, 3.63) is 17.7 Å². The first-order chi connectivity index (χ1) is 5.79. The molecule has 0 spiro atoms. The van der Waals surface area contributed by atoms with Crippen molar-refractivity contribution < 1.29 is 0 Å². The van der Waals surface area contributed by atoms with Gasteiger partial charge in [-0.25, -0.2) is 4.98 Å². The Hall–Kier alpha value is -0.830. The zero-order valence-corrected chi connectivity index (χ0v) is 7.88. The van der Waals surface area contributed by atoms with E-state index in [2.05, 4.69) is 16.5 Å². The smallest absolute Gasteiger partial charge is 0.0949 e. The second-order valence-electron chi connectivity index (χ2n) is 3.06. The van der Waals surface area contributed by atoms with Gasteiger partial charge in [-0.3, -0.25) is 0 Å². The average Bonchev–Trinajstić information content (AvgIpc) is 2.43. The molecule has 0 atom stereocenters. The number of imidazole rings is 1. The molecule has 0 aliphatic heterocycles. The van der Waals surface area contributed by atoms with Gasteiger partial charge in [-0.15, -0.1) is 0 Å². The minimum Gasteiger partial charge on any atom is -0.337 e. The maximum Gasteiger partial charge on any atom is 0.0949 e. The Morgan fingerprint density at radius 1 is 1.58 bits per heavy atom. The Morgan fingerprint density at radius 2 is 2.33 bits per heavy atom. The van der Waals surface area contributed by atoms with Crippen LogP contribution < -0.4 is 5.73 Å². The van der Waals surface area contributed by atoms with Crippen LogP contribution in [0.25, 0.3) is 0 Å². The number of nitrogens with two attached hydrogens (primary N) is 1. The zero-order valence-electron chi connectivity index (χ0n) is 7.88. The SMILES string of the molecule is CCCCc1c(CN)ncn1C. The second kappa shape index (κ2) is 4.26. The second-order valence-corrected chi connectivity index (χ2v) is 3.06. The van der Waals surface area contributed by atoms with E-state index in [0.29, 0.717) is 6.54 Å². The van der Waals surface area contributed by atoms with Crippen molar-refractivity contribution >= 4 is 0 Å². The topological polar surface area (TPSA) is 43.8 Å². The van der Waals surface area contributed by atoms with E-state index in [4.69, 9.17) is 5.73 Å². The molecule has 0 bridgehead atoms. The molecule has 68 valence electrons. The highest BCUT2D eigenvalue weighted by molar-refractivity contribution is 5.12. The van der Waals surface area contributed by atoms with Gasteiger partial charge in [0.1, 0.15) is 0 Å². The lowest BCUT2D eigenvalue weighted by molar-refractivity contribution is 0.723. The van der Waals surface area contributed by atoms with Gasteiger partial charge >= 0.3 is 0 Å². The van der Waals surface area contributed by atoms with E-state index in [0.717, 1.165) is 12.1 Å². The van der Waals surface area contributed by atoms with Crippen LogP contribution in [0.1, 0.15) is 31.2 Å². The van der Waals surface area contributed by atoms with Gasteiger partial charge in [0.15, 0.2) is 0 Å². The third-order valence-electron chi connectivity index (χ3n) is 2.11. The Kier molecular flexibility index (Phi) is 3.29. The first kappa shape index (κ1) is 9.26. The van der Waals surface area contributed by atoms with E-state index in [1.807, 2.05) is 13.4 Å². The third-order valence-corrected chi connectivity index (χ3v) is 2.11. The maximum absolute atomic E-state index is 5.56. The highest BCUT2D eigenvalue weighted by Crippen LogP contribution is 2.08. The van der Waals surface area contributed by atoms with Crippen LogP contribution in [0, 0.1) is 0 Å². The van der Waals surface area contributed by atoms with Crippen LogP contribution in [0.4, 0.5) is 0 Å². The molecule has 0 saturated carbocycles. The van der Waals surface area contributed by atoms with Crippen molar-refractivity contribution in [2.45, 2.75) is 32.7 Å². The van der Waals surface area contributed by atoms with E-state index >= 15 is 0 Å². The van der Waals surface area contributed by atoms with Crippen molar-refractivity contribution in [2.75, 3.05) is 0 Å². The van der Waals surface area contributed by atoms with Gasteiger partial charge in [-0.05, 0) is 12.8 Å². The lowest BCUT2D eigenvalue weighted by atomic mass is 10.1. The van der Waals surface area contributed by atoms with E-state index < -0.39 is 0 Å². The van der Waals surface area contributed by atoms with Crippen LogP contribution >= 0.6 is 0 Å². The molecule has 0 amide bonds. The third kappa shape index (κ3) is 1.85. The van der Waals surface area contributed by atoms with Crippen molar-refractivity contribution in [3.63, 3.8) is 0 Å². The summed E-state index contributed by atoms with van der Waals surface area (Å²) in [5, 5.41) is 0. The number of hydrogen-bond donors (Lipinski definition) is 1. The van der Waals surface area contributed by atoms with Crippen LogP contribution in [0.3, 0.4) is 0 Å². The van der Waals surface area contributed by atoms with E-state index in [1.165, 1.54) is 18.5 Å². The summed E-state index contributed by atoms with van der Waals surface area (Å²) in [5.41, 5.74) is 7.90. The molecule has 0 unspecified atom stereocenters. The molecule has 0 aliphatic carbocycles. The molecule has 0 fully saturated rings. The molecule has 1 aromatic rings. The fourth-order valence-corrected chi connectivity index (χ4v) is 1.34. The first-order valence-electron chi connectivity index (χ1n) is 4.48. The summed E-state index contributed by atoms with van der Waals surface area (Å²) in [4.78, 5) is 4.23. The maximum atomic E-state index is 5.56. The zero-order chi connectivity index (χ0) is 8.97. The first-order valence-corrected chi connectivity index (χ1v) is 4.48. The highest BCUT2D eigenvalue weighted by Gasteiger charge is 2.05. The van der Waals surface area contributed by atoms with Gasteiger partial charge < -0.3 is 10.3 Å². The molecule has 12 heavy (non-hydrogen) atoms. The molecule has 1 rings (SSSR count). The lowest BCUT2D eigenvalue weighted by Gasteiger charge is -2.02. The molecule has 0 aliphatic rings. The molecule has 1 aromatic heterocycles. The Balaban J connectivity index is 2.72. The predicted molar refractivity (Wildman–Crippen MR) is 49.7 cm³/mol. The van der Waals surface area contributed by atoms with Crippen LogP contribution in [-0.2, 0) is 20.0 Å². The summed E-state index contributed by atoms with van der Waals surface area (Å²) in [6.45, 7) is 2.75. The van der Waals surface area contributed by atoms with Crippen LogP contribution in [-0.4, -0.2) is 9.55 Å². The van der Waals surface area contributed by atoms with Crippen LogP contribution in [0.2, 0.25) is 0 Å². The molecule has 0 aromatic carbocycles. The van der Waals surface area contributed by atoms with Crippen molar-refractivity contribution in [1.82, 2.24) is 9.55 Å². The quantitative estimate of drug-likeness (QED) is 0.732. The Morgan fingerprint density at radius 3 is 2.92 bits per heavy atom. The van der Waals surface area contributed by atoms with Gasteiger partial charge in [-0.1, -0.05) is 13.3 Å². The number of hydrogen-bond acceptors (Lipinski definition) is 2. The van der Waals surface area contributed by atoms with Crippen molar-refractivity contribution in [2.24, 2.45) is 12.8 Å². The van der Waals surface area contributed by atoms with Gasteiger partial charge in [0.05, 0.1) is 12.0 Å². The van der Waals surface area contributed by atoms with Gasteiger partial charge in [0.25, 0.3) is 0 Å². The van der Waals surface area contributed by atoms with Crippen molar-refractivity contribution in [3.8, 4) is 0 Å². The molecule has 1 heterocycles. The molecule has 0 radical (unpaired) electrons. The summed E-state index contributed by atoms with van der Waals surface area (Å²) < 4.78 is 2.07. The van der Waals surface area contributed by atoms with Crippen molar-refractivity contribution in [1.29, 1.82) is 0 Å². The number of rotatable bonds is 4. The van der Waals surface area contributed by atoms with Crippen LogP contribution in [0.5, 0.6) is 0 Å². The van der Waals surface area contributed by atoms with Gasteiger partial charge in [0, 0.05) is 19.3 Å². The normalized spacial score (nSPS) is 10.6. The monoisotopic (exact) mass is 167 g/mol. The number of aryl methyl sites for hydroxylation is 1. The molecular formula is C9H17N3. The molecular weight excluding hydrogens is 150 g/mol. The summed E-state index contributed by atoms with van der Waals surface area (Å²) >= 11 is 0. The predicted octanol–water partition coefficient (Wildman–Crippen LogP) is 1.22. The molecule has 0 saturated heterocycles. The fraction of sp³-hybridized carbons (Fsp3) is 0.667. The molecule has 3 heteroatoms. The summed E-state index contributed by atoms with van der Waals surface area (Å²) in [6.07, 6.45) is 5.37. The fourth-order valence-electron chi connectivity index (χ4n) is 1.34. The number of unbranched alkanes of at least 4 members (excludes halogenated alkanes) is 1. The minimum atomic E-state index is 0.555. The Labute approximate surface area is 73.6 Å². The summed E-state index contributed by atoms with van der Waals surface area (Å²) in [7, 11) is 2.02. The van der Waals surface area contributed by atoms with E-state index in [-0.39, 0.29) is 0 Å². The van der Waals surface area contributed by atoms with Gasteiger partial charge in [0.2, 0.25) is 0 Å². The van der Waals surface area contributed by atoms with Gasteiger partial charge in [-0.2, -0.15) is 0 Å². The number of aromatic nitrogens is 2. The van der Waals surface area contributed by atoms with E-state index in [1.54, 1.807) is 0 Å². The summed E-state index contributed by atoms with van der Waals surface area (Å²) in [6, 6.07) is 0. The largest absolute Gasteiger partial charge is 0.337 e. The Bertz CT molecular complexity index is 240. The minimum absolute atomic E-state index is 0.555. The van der Waals surface area contributed by atoms with Crippen LogP contribution in [0.15, 0.2) is 6.33 Å².